The fourth-order valence-electron chi connectivity index (χ4n) is 3.18. The Kier molecular flexibility index (Phi) is 5.37. The number of hydrogen-bond donors (Lipinski definition) is 1. The molecule has 1 N–H and O–H groups in total. The maximum atomic E-state index is 12.0. The van der Waals surface area contributed by atoms with Crippen LogP contribution in [0.15, 0.2) is 36.5 Å². The van der Waals surface area contributed by atoms with Gasteiger partial charge < -0.3 is 10.1 Å². The SMILES string of the molecule is CC[C@@H](C)CC(=O)NC[C@H]1Cc2cc(C)cc(-c3ccccn3)c2O1. The van der Waals surface area contributed by atoms with Crippen LogP contribution in [0.5, 0.6) is 5.75 Å². The van der Waals surface area contributed by atoms with Crippen molar-refractivity contribution in [2.75, 3.05) is 6.54 Å². The van der Waals surface area contributed by atoms with E-state index in [1.165, 1.54) is 11.1 Å². The number of aryl methyl sites for hydroxylation is 1. The highest BCUT2D eigenvalue weighted by Gasteiger charge is 2.27. The second kappa shape index (κ2) is 7.68. The van der Waals surface area contributed by atoms with Crippen LogP contribution in [-0.2, 0) is 11.2 Å². The highest BCUT2D eigenvalue weighted by Crippen LogP contribution is 2.39. The van der Waals surface area contributed by atoms with Gasteiger partial charge in [-0.2, -0.15) is 0 Å². The molecule has 1 aromatic heterocycles. The zero-order chi connectivity index (χ0) is 17.8. The summed E-state index contributed by atoms with van der Waals surface area (Å²) in [5.41, 5.74) is 4.35. The lowest BCUT2D eigenvalue weighted by Gasteiger charge is -2.14. The molecule has 1 aliphatic rings. The lowest BCUT2D eigenvalue weighted by atomic mass is 10.0. The number of amides is 1. The highest BCUT2D eigenvalue weighted by molar-refractivity contribution is 5.76. The number of carbonyl (C=O) groups is 1. The van der Waals surface area contributed by atoms with Gasteiger partial charge >= 0.3 is 0 Å². The molecule has 25 heavy (non-hydrogen) atoms. The number of pyridine rings is 1. The van der Waals surface area contributed by atoms with E-state index in [0.717, 1.165) is 29.8 Å². The third kappa shape index (κ3) is 4.19. The topological polar surface area (TPSA) is 51.2 Å². The van der Waals surface area contributed by atoms with Crippen LogP contribution in [0.4, 0.5) is 0 Å². The van der Waals surface area contributed by atoms with Crippen LogP contribution in [0.2, 0.25) is 0 Å². The average molecular weight is 338 g/mol. The molecule has 2 atom stereocenters. The van der Waals surface area contributed by atoms with Crippen molar-refractivity contribution in [2.45, 2.75) is 46.1 Å². The third-order valence-electron chi connectivity index (χ3n) is 4.74. The molecule has 1 aromatic carbocycles. The molecule has 4 heteroatoms. The second-order valence-corrected chi connectivity index (χ2v) is 6.98. The third-order valence-corrected chi connectivity index (χ3v) is 4.74. The van der Waals surface area contributed by atoms with Gasteiger partial charge in [0.1, 0.15) is 11.9 Å². The van der Waals surface area contributed by atoms with E-state index in [2.05, 4.69) is 43.2 Å². The zero-order valence-corrected chi connectivity index (χ0v) is 15.2. The molecule has 0 radical (unpaired) electrons. The minimum atomic E-state index is -0.0138. The number of carbonyl (C=O) groups excluding carboxylic acids is 1. The van der Waals surface area contributed by atoms with Gasteiger partial charge in [0, 0.05) is 24.6 Å². The fraction of sp³-hybridized carbons (Fsp3) is 0.429. The molecule has 2 aromatic rings. The first-order chi connectivity index (χ1) is 12.1. The summed E-state index contributed by atoms with van der Waals surface area (Å²) >= 11 is 0. The molecule has 0 unspecified atom stereocenters. The van der Waals surface area contributed by atoms with Crippen LogP contribution in [0.3, 0.4) is 0 Å². The summed E-state index contributed by atoms with van der Waals surface area (Å²) in [4.78, 5) is 16.5. The van der Waals surface area contributed by atoms with E-state index < -0.39 is 0 Å². The Morgan fingerprint density at radius 3 is 2.96 bits per heavy atom. The van der Waals surface area contributed by atoms with E-state index >= 15 is 0 Å². The summed E-state index contributed by atoms with van der Waals surface area (Å²) in [5.74, 6) is 1.43. The van der Waals surface area contributed by atoms with Crippen molar-refractivity contribution in [1.29, 1.82) is 0 Å². The molecule has 1 amide bonds. The molecular formula is C21H26N2O2. The summed E-state index contributed by atoms with van der Waals surface area (Å²) in [6.07, 6.45) is 4.20. The zero-order valence-electron chi connectivity index (χ0n) is 15.2. The van der Waals surface area contributed by atoms with E-state index in [1.54, 1.807) is 6.20 Å². The lowest BCUT2D eigenvalue weighted by Crippen LogP contribution is -2.35. The molecule has 0 aliphatic carbocycles. The van der Waals surface area contributed by atoms with E-state index in [9.17, 15) is 4.79 Å². The van der Waals surface area contributed by atoms with Crippen molar-refractivity contribution >= 4 is 5.91 Å². The van der Waals surface area contributed by atoms with Gasteiger partial charge in [-0.1, -0.05) is 32.4 Å². The second-order valence-electron chi connectivity index (χ2n) is 6.98. The molecule has 0 saturated carbocycles. The van der Waals surface area contributed by atoms with E-state index in [0.29, 0.717) is 18.9 Å². The van der Waals surface area contributed by atoms with Gasteiger partial charge in [-0.3, -0.25) is 9.78 Å². The van der Waals surface area contributed by atoms with Crippen LogP contribution < -0.4 is 10.1 Å². The van der Waals surface area contributed by atoms with Crippen molar-refractivity contribution in [1.82, 2.24) is 10.3 Å². The van der Waals surface area contributed by atoms with Crippen molar-refractivity contribution in [3.8, 4) is 17.0 Å². The maximum Gasteiger partial charge on any atom is 0.220 e. The van der Waals surface area contributed by atoms with Crippen molar-refractivity contribution < 1.29 is 9.53 Å². The maximum absolute atomic E-state index is 12.0. The smallest absolute Gasteiger partial charge is 0.220 e. The number of rotatable bonds is 6. The Morgan fingerprint density at radius 2 is 2.24 bits per heavy atom. The number of hydrogen-bond acceptors (Lipinski definition) is 3. The number of benzene rings is 1. The monoisotopic (exact) mass is 338 g/mol. The van der Waals surface area contributed by atoms with Crippen LogP contribution >= 0.6 is 0 Å². The normalized spacial score (nSPS) is 16.8. The van der Waals surface area contributed by atoms with Crippen LogP contribution in [0.1, 0.15) is 37.8 Å². The predicted molar refractivity (Wildman–Crippen MR) is 99.6 cm³/mol. The summed E-state index contributed by atoms with van der Waals surface area (Å²) < 4.78 is 6.17. The number of fused-ring (bicyclic) bond motifs is 1. The molecule has 2 heterocycles. The Morgan fingerprint density at radius 1 is 1.40 bits per heavy atom. The van der Waals surface area contributed by atoms with Gasteiger partial charge in [0.05, 0.1) is 12.2 Å². The summed E-state index contributed by atoms with van der Waals surface area (Å²) in [6, 6.07) is 10.2. The highest BCUT2D eigenvalue weighted by atomic mass is 16.5. The van der Waals surface area contributed by atoms with Gasteiger partial charge in [0.2, 0.25) is 5.91 Å². The minimum absolute atomic E-state index is 0.0138. The van der Waals surface area contributed by atoms with Gasteiger partial charge in [-0.15, -0.1) is 0 Å². The van der Waals surface area contributed by atoms with Crippen LogP contribution in [-0.4, -0.2) is 23.5 Å². The van der Waals surface area contributed by atoms with Gasteiger partial charge in [-0.25, -0.2) is 0 Å². The Bertz CT molecular complexity index is 743. The summed E-state index contributed by atoms with van der Waals surface area (Å²) in [6.45, 7) is 6.85. The Labute approximate surface area is 149 Å². The summed E-state index contributed by atoms with van der Waals surface area (Å²) in [7, 11) is 0. The Hall–Kier alpha value is -2.36. The molecular weight excluding hydrogens is 312 g/mol. The first kappa shape index (κ1) is 17.5. The average Bonchev–Trinajstić information content (AvgIpc) is 3.02. The molecule has 0 spiro atoms. The van der Waals surface area contributed by atoms with Crippen molar-refractivity contribution in [3.05, 3.63) is 47.7 Å². The van der Waals surface area contributed by atoms with Crippen molar-refractivity contribution in [3.63, 3.8) is 0 Å². The van der Waals surface area contributed by atoms with Gasteiger partial charge in [0.15, 0.2) is 0 Å². The molecule has 1 aliphatic heterocycles. The minimum Gasteiger partial charge on any atom is -0.487 e. The van der Waals surface area contributed by atoms with Crippen LogP contribution in [0.25, 0.3) is 11.3 Å². The predicted octanol–water partition coefficient (Wildman–Crippen LogP) is 3.91. The molecule has 0 saturated heterocycles. The number of aromatic nitrogens is 1. The molecule has 0 fully saturated rings. The first-order valence-corrected chi connectivity index (χ1v) is 9.05. The first-order valence-electron chi connectivity index (χ1n) is 9.05. The Balaban J connectivity index is 1.70. The van der Waals surface area contributed by atoms with E-state index in [-0.39, 0.29) is 12.0 Å². The molecule has 3 rings (SSSR count). The largest absolute Gasteiger partial charge is 0.487 e. The van der Waals surface area contributed by atoms with Gasteiger partial charge in [0.25, 0.3) is 0 Å². The van der Waals surface area contributed by atoms with E-state index in [4.69, 9.17) is 4.74 Å². The van der Waals surface area contributed by atoms with E-state index in [1.807, 2.05) is 18.2 Å². The van der Waals surface area contributed by atoms with Crippen molar-refractivity contribution in [2.24, 2.45) is 5.92 Å². The molecule has 4 nitrogen and oxygen atoms in total. The number of ether oxygens (including phenoxy) is 1. The molecule has 0 bridgehead atoms. The number of nitrogens with one attached hydrogen (secondary N) is 1. The van der Waals surface area contributed by atoms with Crippen LogP contribution in [0, 0.1) is 12.8 Å². The standard InChI is InChI=1S/C21H26N2O2/c1-4-14(2)11-20(24)23-13-17-12-16-9-15(3)10-18(21(16)25-17)19-7-5-6-8-22-19/h5-10,14,17H,4,11-13H2,1-3H3,(H,23,24)/t14-,17-/m1/s1. The number of nitrogens with zero attached hydrogens (tertiary/aromatic N) is 1. The quantitative estimate of drug-likeness (QED) is 0.869. The molecule has 132 valence electrons. The fourth-order valence-corrected chi connectivity index (χ4v) is 3.18. The van der Waals surface area contributed by atoms with Gasteiger partial charge in [-0.05, 0) is 42.2 Å². The summed E-state index contributed by atoms with van der Waals surface area (Å²) in [5, 5.41) is 3.02. The lowest BCUT2D eigenvalue weighted by molar-refractivity contribution is -0.122.